The quantitative estimate of drug-likeness (QED) is 0.0316. The molecular formula is C74H127NP2Si4. The maximum absolute atomic E-state index is 3.41. The monoisotopic (exact) mass is 1200 g/mol. The molecule has 0 aromatic heterocycles. The van der Waals surface area contributed by atoms with Crippen molar-refractivity contribution in [3.63, 3.8) is 0 Å². The van der Waals surface area contributed by atoms with Crippen LogP contribution in [0.1, 0.15) is 244 Å². The van der Waals surface area contributed by atoms with Crippen molar-refractivity contribution in [2.24, 2.45) is 0 Å². The predicted octanol–water partition coefficient (Wildman–Crippen LogP) is 21.4. The minimum atomic E-state index is -1.82. The Morgan fingerprint density at radius 2 is 0.568 bits per heavy atom. The molecule has 1 saturated carbocycles. The number of hydrogen-bond donors (Lipinski definition) is 0. The van der Waals surface area contributed by atoms with Gasteiger partial charge in [-0.25, -0.2) is 4.44 Å². The first-order chi connectivity index (χ1) is 39.6. The summed E-state index contributed by atoms with van der Waals surface area (Å²) in [6.45, 7) is 29.6. The largest absolute Gasteiger partial charge is 0.242 e. The molecule has 0 amide bonds. The van der Waals surface area contributed by atoms with Gasteiger partial charge >= 0.3 is 0 Å². The summed E-state index contributed by atoms with van der Waals surface area (Å²) in [5.41, 5.74) is 0. The van der Waals surface area contributed by atoms with E-state index >= 15 is 0 Å². The molecule has 5 rings (SSSR count). The van der Waals surface area contributed by atoms with Crippen molar-refractivity contribution in [3.8, 4) is 0 Å². The van der Waals surface area contributed by atoms with E-state index in [0.717, 1.165) is 0 Å². The van der Waals surface area contributed by atoms with E-state index in [1.807, 2.05) is 0 Å². The van der Waals surface area contributed by atoms with E-state index in [4.69, 9.17) is 0 Å². The van der Waals surface area contributed by atoms with Crippen LogP contribution in [-0.2, 0) is 0 Å². The molecule has 1 nitrogen and oxygen atoms in total. The van der Waals surface area contributed by atoms with Gasteiger partial charge in [-0.15, -0.1) is 0 Å². The van der Waals surface area contributed by atoms with E-state index < -0.39 is 48.4 Å². The summed E-state index contributed by atoms with van der Waals surface area (Å²) in [4.78, 5) is 0. The van der Waals surface area contributed by atoms with E-state index in [0.29, 0.717) is 6.04 Å². The Kier molecular flexibility index (Phi) is 33.0. The topological polar surface area (TPSA) is 3.24 Å². The van der Waals surface area contributed by atoms with Gasteiger partial charge in [-0.3, -0.25) is 0 Å². The molecule has 0 radical (unpaired) electrons. The van der Waals surface area contributed by atoms with Crippen LogP contribution < -0.4 is 42.0 Å². The lowest BCUT2D eigenvalue weighted by Crippen LogP contribution is -2.50. The van der Waals surface area contributed by atoms with Gasteiger partial charge in [0.05, 0.1) is 32.3 Å². The third-order valence-electron chi connectivity index (χ3n) is 20.1. The molecule has 81 heavy (non-hydrogen) atoms. The molecule has 0 atom stereocenters. The van der Waals surface area contributed by atoms with Crippen molar-refractivity contribution in [2.45, 2.75) is 322 Å². The molecule has 1 fully saturated rings. The Morgan fingerprint density at radius 3 is 0.852 bits per heavy atom. The number of rotatable bonds is 41. The van der Waals surface area contributed by atoms with Crippen molar-refractivity contribution < 1.29 is 0 Å². The number of unbranched alkanes of at least 4 members (excludes halogenated alkanes) is 6. The number of benzene rings is 4. The zero-order valence-corrected chi connectivity index (χ0v) is 61.1. The summed E-state index contributed by atoms with van der Waals surface area (Å²) < 4.78 is 3.41. The van der Waals surface area contributed by atoms with Gasteiger partial charge in [-0.1, -0.05) is 421 Å². The van der Waals surface area contributed by atoms with Crippen molar-refractivity contribution in [3.05, 3.63) is 97.1 Å². The third kappa shape index (κ3) is 19.3. The van der Waals surface area contributed by atoms with Gasteiger partial charge in [0.2, 0.25) is 0 Å². The maximum atomic E-state index is 3.41. The smallest absolute Gasteiger partial charge is 0.0867 e. The average Bonchev–Trinajstić information content (AvgIpc) is 3.48. The van der Waals surface area contributed by atoms with Crippen LogP contribution in [0, 0.1) is 0 Å². The van der Waals surface area contributed by atoms with Crippen molar-refractivity contribution in [1.29, 1.82) is 0 Å². The van der Waals surface area contributed by atoms with Gasteiger partial charge in [0.25, 0.3) is 0 Å². The van der Waals surface area contributed by atoms with Crippen molar-refractivity contribution >= 4 is 90.4 Å². The van der Waals surface area contributed by atoms with Gasteiger partial charge in [-0.2, -0.15) is 0 Å². The molecule has 1 aliphatic carbocycles. The first-order valence-electron chi connectivity index (χ1n) is 35.4. The molecule has 0 spiro atoms. The molecule has 0 saturated heterocycles. The lowest BCUT2D eigenvalue weighted by Gasteiger charge is -2.45. The van der Waals surface area contributed by atoms with Crippen LogP contribution in [0.2, 0.25) is 72.5 Å². The Hall–Kier alpha value is -1.43. The van der Waals surface area contributed by atoms with Crippen LogP contribution in [0.25, 0.3) is 0 Å². The Bertz CT molecular complexity index is 2050. The number of hydrogen-bond acceptors (Lipinski definition) is 1. The van der Waals surface area contributed by atoms with Crippen LogP contribution >= 0.6 is 16.1 Å². The second-order valence-electron chi connectivity index (χ2n) is 26.4. The predicted molar refractivity (Wildman–Crippen MR) is 387 cm³/mol. The Morgan fingerprint density at radius 1 is 0.296 bits per heavy atom. The molecule has 0 bridgehead atoms. The number of nitrogens with zero attached hydrogens (tertiary/aromatic N) is 1. The van der Waals surface area contributed by atoms with E-state index in [9.17, 15) is 0 Å². The molecule has 1 aliphatic rings. The lowest BCUT2D eigenvalue weighted by atomic mass is 9.97. The fraction of sp³-hybridized carbons (Fsp3) is 0.676. The molecule has 0 N–H and O–H groups in total. The van der Waals surface area contributed by atoms with E-state index in [-0.39, 0.29) is 0 Å². The van der Waals surface area contributed by atoms with Crippen LogP contribution in [0.15, 0.2) is 97.1 Å². The lowest BCUT2D eigenvalue weighted by molar-refractivity contribution is 0.373. The van der Waals surface area contributed by atoms with E-state index in [2.05, 4.69) is 185 Å². The van der Waals surface area contributed by atoms with Crippen LogP contribution in [0.4, 0.5) is 0 Å². The van der Waals surface area contributed by atoms with Crippen LogP contribution in [-0.4, -0.2) is 42.8 Å². The molecule has 7 heteroatoms. The summed E-state index contributed by atoms with van der Waals surface area (Å²) >= 11 is 0. The van der Waals surface area contributed by atoms with Gasteiger partial charge in [0.15, 0.2) is 0 Å². The Balaban J connectivity index is 1.99. The highest BCUT2D eigenvalue weighted by atomic mass is 31.2. The molecule has 454 valence electrons. The van der Waals surface area contributed by atoms with Gasteiger partial charge in [0, 0.05) is 22.2 Å². The third-order valence-corrected chi connectivity index (χ3v) is 48.5. The summed E-state index contributed by atoms with van der Waals surface area (Å²) in [5, 5.41) is 13.7. The van der Waals surface area contributed by atoms with Crippen LogP contribution in [0.5, 0.6) is 0 Å². The zero-order chi connectivity index (χ0) is 58.4. The standard InChI is InChI=1S/C74H127NP2Si4/c1-13-25-58-80(59-26-14-2,60-27-15-3)73-42-36-40-69(64-73)77(70-41-37-43-74(65-70)81(61-28-16-4,62-29-17-5)63-30-18-6)75(66-38-34-32-31-33-35-39-66)76(67-44-48-71(49-45-67)78(52-19-7,53-20-8)54-21-9)68-46-50-72(51-47-68)79(55-22-10,56-23-11)57-24-12/h36-37,40-51,64-66H,13-35,38-39,52-63H2,1-12H3. The maximum Gasteiger partial charge on any atom is 0.0867 e. The average molecular weight is 1210 g/mol. The first kappa shape index (κ1) is 70.3. The molecule has 4 aromatic carbocycles. The van der Waals surface area contributed by atoms with Gasteiger partial charge < -0.3 is 0 Å². The van der Waals surface area contributed by atoms with Gasteiger partial charge in [0.1, 0.15) is 0 Å². The van der Waals surface area contributed by atoms with E-state index in [1.54, 1.807) is 42.0 Å². The van der Waals surface area contributed by atoms with Crippen molar-refractivity contribution in [1.82, 2.24) is 4.44 Å². The summed E-state index contributed by atoms with van der Waals surface area (Å²) in [6.07, 6.45) is 33.5. The minimum absolute atomic E-state index is 0.529. The van der Waals surface area contributed by atoms with Crippen molar-refractivity contribution in [2.75, 3.05) is 0 Å². The highest BCUT2D eigenvalue weighted by molar-refractivity contribution is 7.84. The molecular weight excluding hydrogens is 1080 g/mol. The highest BCUT2D eigenvalue weighted by Crippen LogP contribution is 2.58. The minimum Gasteiger partial charge on any atom is -0.242 e. The zero-order valence-electron chi connectivity index (χ0n) is 55.3. The molecule has 0 unspecified atom stereocenters. The molecule has 4 aromatic rings. The van der Waals surface area contributed by atoms with Gasteiger partial charge in [-0.05, 0) is 34.1 Å². The molecule has 0 heterocycles. The first-order valence-corrected chi connectivity index (χ1v) is 48.5. The van der Waals surface area contributed by atoms with Crippen LogP contribution in [0.3, 0.4) is 0 Å². The Labute approximate surface area is 510 Å². The SMILES string of the molecule is CCCC[Si](CCCC)(CCCC)c1cccc(P(c2cccc([Si](CCCC)(CCCC)CCCC)c2)N(C2CCCCCCC2)P(c2ccc([Si](CCC)(CCC)CCC)cc2)c2ccc([Si](CCC)(CCC)CCC)cc2)c1. The summed E-state index contributed by atoms with van der Waals surface area (Å²) in [5.74, 6) is 0. The molecule has 0 aliphatic heterocycles. The second kappa shape index (κ2) is 38.0. The summed E-state index contributed by atoms with van der Waals surface area (Å²) in [6, 6.07) is 61.8. The summed E-state index contributed by atoms with van der Waals surface area (Å²) in [7, 11) is -8.78. The normalized spacial score (nSPS) is 14.4. The second-order valence-corrected chi connectivity index (χ2v) is 49.4. The van der Waals surface area contributed by atoms with E-state index in [1.165, 1.54) is 233 Å². The fourth-order valence-corrected chi connectivity index (χ4v) is 44.5. The fourth-order valence-electron chi connectivity index (χ4n) is 15.9. The highest BCUT2D eigenvalue weighted by Gasteiger charge is 2.42.